The fourth-order valence-corrected chi connectivity index (χ4v) is 5.65. The van der Waals surface area contributed by atoms with E-state index in [2.05, 4.69) is 46.2 Å². The van der Waals surface area contributed by atoms with E-state index in [0.717, 1.165) is 12.0 Å². The zero-order chi connectivity index (χ0) is 33.6. The molecule has 0 unspecified atom stereocenters. The van der Waals surface area contributed by atoms with Crippen LogP contribution in [-0.4, -0.2) is 61.2 Å². The maximum absolute atomic E-state index is 13.3. The molecule has 13 nitrogen and oxygen atoms in total. The number of benzene rings is 3. The molecule has 6 rings (SSSR count). The number of H-pyrrole nitrogens is 1. The van der Waals surface area contributed by atoms with Gasteiger partial charge in [-0.1, -0.05) is 65.7 Å². The van der Waals surface area contributed by atoms with Crippen LogP contribution in [0.1, 0.15) is 41.8 Å². The maximum atomic E-state index is 13.3. The number of anilines is 1. The third-order valence-corrected chi connectivity index (χ3v) is 8.18. The third kappa shape index (κ3) is 7.88. The van der Waals surface area contributed by atoms with Crippen molar-refractivity contribution in [3.05, 3.63) is 112 Å². The topological polar surface area (TPSA) is 169 Å². The maximum Gasteiger partial charge on any atom is 0.411 e. The lowest BCUT2D eigenvalue weighted by Gasteiger charge is -2.16. The zero-order valence-corrected chi connectivity index (χ0v) is 26.9. The number of ether oxygens (including phenoxy) is 1. The van der Waals surface area contributed by atoms with E-state index in [1.807, 2.05) is 30.3 Å². The van der Waals surface area contributed by atoms with E-state index in [0.29, 0.717) is 33.2 Å². The summed E-state index contributed by atoms with van der Waals surface area (Å²) in [5, 5.41) is 20.5. The second-order valence-corrected chi connectivity index (χ2v) is 11.8. The molecule has 3 amide bonds. The van der Waals surface area contributed by atoms with E-state index in [1.165, 1.54) is 24.2 Å². The van der Waals surface area contributed by atoms with Crippen molar-refractivity contribution < 1.29 is 19.1 Å². The Morgan fingerprint density at radius 2 is 1.88 bits per heavy atom. The normalized spacial score (nSPS) is 15.9. The molecule has 2 aromatic heterocycles. The summed E-state index contributed by atoms with van der Waals surface area (Å²) in [4.78, 5) is 45.9. The second kappa shape index (κ2) is 14.5. The first kappa shape index (κ1) is 32.4. The van der Waals surface area contributed by atoms with E-state index in [9.17, 15) is 14.4 Å². The Morgan fingerprint density at radius 1 is 1.08 bits per heavy atom. The third-order valence-electron chi connectivity index (χ3n) is 7.67. The average molecular weight is 687 g/mol. The monoisotopic (exact) mass is 685 g/mol. The summed E-state index contributed by atoms with van der Waals surface area (Å²) in [6.45, 7) is 0. The number of nitrogens with one attached hydrogen (secondary N) is 4. The number of amides is 3. The molecule has 1 saturated carbocycles. The van der Waals surface area contributed by atoms with Gasteiger partial charge in [0.05, 0.1) is 25.3 Å². The first-order chi connectivity index (χ1) is 23.3. The van der Waals surface area contributed by atoms with Gasteiger partial charge in [0.2, 0.25) is 11.8 Å². The van der Waals surface area contributed by atoms with Crippen LogP contribution in [0.5, 0.6) is 0 Å². The number of tetrazole rings is 1. The summed E-state index contributed by atoms with van der Waals surface area (Å²) in [5.41, 5.74) is 3.93. The van der Waals surface area contributed by atoms with Crippen molar-refractivity contribution in [2.75, 3.05) is 12.4 Å². The molecule has 3 atom stereocenters. The van der Waals surface area contributed by atoms with Crippen molar-refractivity contribution in [2.24, 2.45) is 0 Å². The highest BCUT2D eigenvalue weighted by atomic mass is 35.5. The first-order valence-corrected chi connectivity index (χ1v) is 15.6. The van der Waals surface area contributed by atoms with Gasteiger partial charge >= 0.3 is 6.09 Å². The van der Waals surface area contributed by atoms with Gasteiger partial charge in [-0.3, -0.25) is 14.9 Å². The van der Waals surface area contributed by atoms with Crippen LogP contribution in [0.4, 0.5) is 10.5 Å². The van der Waals surface area contributed by atoms with Gasteiger partial charge in [0, 0.05) is 39.9 Å². The van der Waals surface area contributed by atoms with Crippen LogP contribution in [0.25, 0.3) is 23.0 Å². The molecule has 2 heterocycles. The fraction of sp³-hybridized carbons (Fsp3) is 0.182. The summed E-state index contributed by atoms with van der Waals surface area (Å²) in [7, 11) is 1.28. The molecule has 5 aromatic rings. The minimum atomic E-state index is -0.860. The lowest BCUT2D eigenvalue weighted by Crippen LogP contribution is -2.34. The summed E-state index contributed by atoms with van der Waals surface area (Å²) < 4.78 is 6.08. The molecular formula is C33H29Cl2N9O4. The molecule has 15 heteroatoms. The van der Waals surface area contributed by atoms with Crippen molar-refractivity contribution in [1.82, 2.24) is 40.8 Å². The smallest absolute Gasteiger partial charge is 0.411 e. The summed E-state index contributed by atoms with van der Waals surface area (Å²) >= 11 is 12.8. The van der Waals surface area contributed by atoms with E-state index in [1.54, 1.807) is 48.5 Å². The summed E-state index contributed by atoms with van der Waals surface area (Å²) in [6.07, 6.45) is 4.46. The number of rotatable bonds is 11. The SMILES string of the molecule is COC(=O)Nc1ccc(-c2nc([C@H](CC(=O)N[C@H]3C[C@@H]3c3ccccc3)NC(=O)/C=C/c3cc(Cl)ccc3-n3cnnn3)[nH]c2Cl)cc1. The van der Waals surface area contributed by atoms with Gasteiger partial charge in [-0.25, -0.2) is 9.78 Å². The number of carbonyl (C=O) groups excluding carboxylic acids is 3. The molecule has 4 N–H and O–H groups in total. The van der Waals surface area contributed by atoms with E-state index in [-0.39, 0.29) is 35.3 Å². The van der Waals surface area contributed by atoms with E-state index in [4.69, 9.17) is 23.2 Å². The highest BCUT2D eigenvalue weighted by molar-refractivity contribution is 6.32. The molecule has 48 heavy (non-hydrogen) atoms. The van der Waals surface area contributed by atoms with Crippen molar-refractivity contribution in [2.45, 2.75) is 30.8 Å². The predicted molar refractivity (Wildman–Crippen MR) is 179 cm³/mol. The van der Waals surface area contributed by atoms with Crippen LogP contribution in [0.15, 0.2) is 85.2 Å². The lowest BCUT2D eigenvalue weighted by molar-refractivity contribution is -0.122. The van der Waals surface area contributed by atoms with Gasteiger partial charge in [0.25, 0.3) is 0 Å². The zero-order valence-electron chi connectivity index (χ0n) is 25.4. The Labute approximate surface area is 284 Å². The molecule has 244 valence electrons. The standard InChI is InChI=1S/C33H29Cl2N9O4/c1-48-33(47)37-23-11-7-20(8-12-23)30-31(35)41-32(40-30)26(17-29(46)38-25-16-24(25)19-5-3-2-4-6-19)39-28(45)14-9-21-15-22(34)10-13-27(21)44-18-36-42-43-44/h2-15,18,24-26H,16-17H2,1H3,(H,37,47)(H,38,46)(H,39,45)(H,40,41)/b14-9+/t24-,25+,26+/m1/s1. The summed E-state index contributed by atoms with van der Waals surface area (Å²) in [5.74, 6) is -0.220. The van der Waals surface area contributed by atoms with Crippen LogP contribution in [-0.2, 0) is 14.3 Å². The van der Waals surface area contributed by atoms with Crippen LogP contribution < -0.4 is 16.0 Å². The van der Waals surface area contributed by atoms with Gasteiger partial charge in [-0.2, -0.15) is 4.68 Å². The molecule has 0 radical (unpaired) electrons. The molecule has 1 fully saturated rings. The Morgan fingerprint density at radius 3 is 2.60 bits per heavy atom. The van der Waals surface area contributed by atoms with E-state index >= 15 is 0 Å². The molecule has 0 bridgehead atoms. The number of carbonyl (C=O) groups is 3. The highest BCUT2D eigenvalue weighted by Crippen LogP contribution is 2.40. The number of hydrogen-bond acceptors (Lipinski definition) is 8. The van der Waals surface area contributed by atoms with Crippen molar-refractivity contribution in [3.8, 4) is 16.9 Å². The number of aromatic amines is 1. The Balaban J connectivity index is 1.21. The molecule has 0 spiro atoms. The van der Waals surface area contributed by atoms with Crippen LogP contribution in [0, 0.1) is 0 Å². The molecule has 1 aliphatic carbocycles. The minimum absolute atomic E-state index is 0.00321. The van der Waals surface area contributed by atoms with Crippen molar-refractivity contribution in [1.29, 1.82) is 0 Å². The molecule has 3 aromatic carbocycles. The summed E-state index contributed by atoms with van der Waals surface area (Å²) in [6, 6.07) is 21.0. The first-order valence-electron chi connectivity index (χ1n) is 14.8. The van der Waals surface area contributed by atoms with E-state index < -0.39 is 18.0 Å². The molecule has 0 saturated heterocycles. The van der Waals surface area contributed by atoms with Crippen LogP contribution >= 0.6 is 23.2 Å². The number of methoxy groups -OCH3 is 1. The van der Waals surface area contributed by atoms with Crippen LogP contribution in [0.3, 0.4) is 0 Å². The number of imidazole rings is 1. The number of aromatic nitrogens is 6. The largest absolute Gasteiger partial charge is 0.453 e. The van der Waals surface area contributed by atoms with Gasteiger partial charge in [-0.15, -0.1) is 5.10 Å². The van der Waals surface area contributed by atoms with Gasteiger partial charge in [0.15, 0.2) is 0 Å². The number of hydrogen-bond donors (Lipinski definition) is 4. The number of halogens is 2. The Bertz CT molecular complexity index is 1950. The van der Waals surface area contributed by atoms with Crippen molar-refractivity contribution >= 4 is 52.9 Å². The second-order valence-electron chi connectivity index (χ2n) is 11.0. The van der Waals surface area contributed by atoms with Crippen LogP contribution in [0.2, 0.25) is 10.2 Å². The Kier molecular flexibility index (Phi) is 9.78. The molecule has 1 aliphatic rings. The Hall–Kier alpha value is -5.53. The lowest BCUT2D eigenvalue weighted by atomic mass is 10.1. The number of nitrogens with zero attached hydrogens (tertiary/aromatic N) is 5. The van der Waals surface area contributed by atoms with Gasteiger partial charge < -0.3 is 20.4 Å². The van der Waals surface area contributed by atoms with Gasteiger partial charge in [-0.05, 0) is 58.8 Å². The predicted octanol–water partition coefficient (Wildman–Crippen LogP) is 5.47. The molecule has 0 aliphatic heterocycles. The minimum Gasteiger partial charge on any atom is -0.453 e. The fourth-order valence-electron chi connectivity index (χ4n) is 5.22. The average Bonchev–Trinajstić information content (AvgIpc) is 3.43. The van der Waals surface area contributed by atoms with Gasteiger partial charge in [0.1, 0.15) is 23.0 Å². The molecular weight excluding hydrogens is 657 g/mol. The quantitative estimate of drug-likeness (QED) is 0.133. The van der Waals surface area contributed by atoms with Crippen molar-refractivity contribution in [3.63, 3.8) is 0 Å². The highest BCUT2D eigenvalue weighted by Gasteiger charge is 2.39.